The van der Waals surface area contributed by atoms with Crippen molar-refractivity contribution in [1.82, 2.24) is 5.32 Å². The maximum Gasteiger partial charge on any atom is 0.321 e. The molecule has 0 aromatic heterocycles. The quantitative estimate of drug-likeness (QED) is 0.629. The Morgan fingerprint density at radius 3 is 2.62 bits per heavy atom. The van der Waals surface area contributed by atoms with Crippen LogP contribution in [0.4, 0.5) is 5.69 Å². The molecule has 0 aliphatic carbocycles. The number of nitrogens with one attached hydrogen (secondary N) is 2. The van der Waals surface area contributed by atoms with E-state index in [-0.39, 0.29) is 12.3 Å². The largest absolute Gasteiger partial charge is 0.480 e. The zero-order chi connectivity index (χ0) is 15.8. The number of carboxylic acids is 1. The number of carboxylic acid groups (broad SMARTS) is 1. The molecule has 0 radical (unpaired) electrons. The zero-order valence-electron chi connectivity index (χ0n) is 12.6. The van der Waals surface area contributed by atoms with E-state index in [0.717, 1.165) is 11.1 Å². The number of ether oxygens (including phenoxy) is 1. The molecule has 1 rings (SSSR count). The molecule has 0 aliphatic rings. The van der Waals surface area contributed by atoms with Crippen LogP contribution in [0.15, 0.2) is 18.2 Å². The van der Waals surface area contributed by atoms with Crippen LogP contribution >= 0.6 is 0 Å². The second-order valence-corrected chi connectivity index (χ2v) is 4.91. The van der Waals surface area contributed by atoms with Crippen molar-refractivity contribution in [2.24, 2.45) is 0 Å². The molecular formula is C15H22N2O4. The van der Waals surface area contributed by atoms with Crippen LogP contribution in [0.2, 0.25) is 0 Å². The Morgan fingerprint density at radius 2 is 2.05 bits per heavy atom. The maximum atomic E-state index is 12.0. The second-order valence-electron chi connectivity index (χ2n) is 4.91. The minimum absolute atomic E-state index is 0.133. The van der Waals surface area contributed by atoms with E-state index in [4.69, 9.17) is 9.84 Å². The molecule has 0 spiro atoms. The van der Waals surface area contributed by atoms with Crippen molar-refractivity contribution in [1.29, 1.82) is 0 Å². The third-order valence-corrected chi connectivity index (χ3v) is 3.04. The van der Waals surface area contributed by atoms with Gasteiger partial charge in [0.25, 0.3) is 0 Å². The maximum absolute atomic E-state index is 12.0. The van der Waals surface area contributed by atoms with Crippen molar-refractivity contribution < 1.29 is 19.4 Å². The summed E-state index contributed by atoms with van der Waals surface area (Å²) in [6.07, 6.45) is -0.133. The molecule has 0 saturated heterocycles. The fourth-order valence-electron chi connectivity index (χ4n) is 1.92. The molecule has 21 heavy (non-hydrogen) atoms. The zero-order valence-corrected chi connectivity index (χ0v) is 12.6. The number of methoxy groups -OCH3 is 1. The Balaban J connectivity index is 2.59. The van der Waals surface area contributed by atoms with Crippen LogP contribution in [-0.4, -0.2) is 43.3 Å². The van der Waals surface area contributed by atoms with Gasteiger partial charge in [-0.3, -0.25) is 9.59 Å². The van der Waals surface area contributed by atoms with Crippen LogP contribution in [0, 0.1) is 13.8 Å². The van der Waals surface area contributed by atoms with Gasteiger partial charge in [0.15, 0.2) is 0 Å². The minimum Gasteiger partial charge on any atom is -0.480 e. The molecule has 3 N–H and O–H groups in total. The molecule has 6 heteroatoms. The number of aliphatic carboxylic acids is 1. The number of benzene rings is 1. The first-order valence-corrected chi connectivity index (χ1v) is 6.76. The Labute approximate surface area is 124 Å². The van der Waals surface area contributed by atoms with Gasteiger partial charge in [0.1, 0.15) is 6.04 Å². The van der Waals surface area contributed by atoms with E-state index >= 15 is 0 Å². The van der Waals surface area contributed by atoms with Crippen molar-refractivity contribution in [3.05, 3.63) is 29.3 Å². The van der Waals surface area contributed by atoms with E-state index in [2.05, 4.69) is 10.6 Å². The molecule has 1 atom stereocenters. The van der Waals surface area contributed by atoms with Crippen molar-refractivity contribution in [2.75, 3.05) is 25.6 Å². The molecule has 6 nitrogen and oxygen atoms in total. The molecule has 0 bridgehead atoms. The normalized spacial score (nSPS) is 12.0. The van der Waals surface area contributed by atoms with Gasteiger partial charge in [0.05, 0.1) is 13.0 Å². The lowest BCUT2D eigenvalue weighted by Gasteiger charge is -2.15. The highest BCUT2D eigenvalue weighted by molar-refractivity contribution is 5.94. The summed E-state index contributed by atoms with van der Waals surface area (Å²) in [5.74, 6) is -1.39. The van der Waals surface area contributed by atoms with Crippen LogP contribution in [0.1, 0.15) is 17.5 Å². The van der Waals surface area contributed by atoms with E-state index in [1.54, 1.807) is 0 Å². The van der Waals surface area contributed by atoms with E-state index < -0.39 is 12.0 Å². The van der Waals surface area contributed by atoms with Crippen molar-refractivity contribution >= 4 is 17.6 Å². The highest BCUT2D eigenvalue weighted by Crippen LogP contribution is 2.16. The summed E-state index contributed by atoms with van der Waals surface area (Å²) in [7, 11) is 1.53. The summed E-state index contributed by atoms with van der Waals surface area (Å²) in [6, 6.07) is 4.75. The van der Waals surface area contributed by atoms with Crippen LogP contribution in [0.5, 0.6) is 0 Å². The summed E-state index contributed by atoms with van der Waals surface area (Å²) in [6.45, 7) is 4.64. The number of anilines is 1. The Kier molecular flexibility index (Phi) is 6.84. The molecular weight excluding hydrogens is 272 g/mol. The monoisotopic (exact) mass is 294 g/mol. The number of amides is 1. The number of aryl methyl sites for hydroxylation is 2. The lowest BCUT2D eigenvalue weighted by molar-refractivity contribution is -0.141. The van der Waals surface area contributed by atoms with E-state index in [1.807, 2.05) is 32.0 Å². The fraction of sp³-hybridized carbons (Fsp3) is 0.467. The first-order valence-electron chi connectivity index (χ1n) is 6.76. The molecule has 1 amide bonds. The van der Waals surface area contributed by atoms with Gasteiger partial charge in [-0.15, -0.1) is 0 Å². The number of hydrogen-bond donors (Lipinski definition) is 3. The van der Waals surface area contributed by atoms with Gasteiger partial charge in [-0.1, -0.05) is 17.7 Å². The Bertz CT molecular complexity index is 502. The lowest BCUT2D eigenvalue weighted by Crippen LogP contribution is -2.41. The standard InChI is InChI=1S/C15H22N2O4/c1-10-4-5-12(11(2)8-10)17-14(18)9-13(15(19)20)16-6-7-21-3/h4-5,8,13,16H,6-7,9H2,1-3H3,(H,17,18)(H,19,20). The van der Waals surface area contributed by atoms with Gasteiger partial charge >= 0.3 is 5.97 Å². The lowest BCUT2D eigenvalue weighted by atomic mass is 10.1. The van der Waals surface area contributed by atoms with Crippen LogP contribution in [0.25, 0.3) is 0 Å². The third kappa shape index (κ3) is 5.93. The average molecular weight is 294 g/mol. The molecule has 1 aromatic rings. The summed E-state index contributed by atoms with van der Waals surface area (Å²) < 4.78 is 4.84. The first kappa shape index (κ1) is 17.1. The first-order chi connectivity index (χ1) is 9.93. The summed E-state index contributed by atoms with van der Waals surface area (Å²) in [5, 5.41) is 14.6. The van der Waals surface area contributed by atoms with Gasteiger partial charge < -0.3 is 20.5 Å². The molecule has 0 heterocycles. The van der Waals surface area contributed by atoms with E-state index in [9.17, 15) is 9.59 Å². The van der Waals surface area contributed by atoms with Crippen LogP contribution in [-0.2, 0) is 14.3 Å². The van der Waals surface area contributed by atoms with Gasteiger partial charge in [0, 0.05) is 19.3 Å². The Morgan fingerprint density at radius 1 is 1.33 bits per heavy atom. The van der Waals surface area contributed by atoms with Gasteiger partial charge in [-0.05, 0) is 25.5 Å². The molecule has 116 valence electrons. The Hall–Kier alpha value is -1.92. The van der Waals surface area contributed by atoms with Crippen LogP contribution in [0.3, 0.4) is 0 Å². The minimum atomic E-state index is -1.05. The summed E-state index contributed by atoms with van der Waals surface area (Å²) >= 11 is 0. The highest BCUT2D eigenvalue weighted by Gasteiger charge is 2.20. The molecule has 1 unspecified atom stereocenters. The number of rotatable bonds is 8. The smallest absolute Gasteiger partial charge is 0.321 e. The van der Waals surface area contributed by atoms with Gasteiger partial charge in [0.2, 0.25) is 5.91 Å². The van der Waals surface area contributed by atoms with Gasteiger partial charge in [-0.25, -0.2) is 0 Å². The second kappa shape index (κ2) is 8.39. The van der Waals surface area contributed by atoms with Crippen molar-refractivity contribution in [2.45, 2.75) is 26.3 Å². The molecule has 0 fully saturated rings. The van der Waals surface area contributed by atoms with Crippen molar-refractivity contribution in [3.63, 3.8) is 0 Å². The summed E-state index contributed by atoms with van der Waals surface area (Å²) in [4.78, 5) is 23.1. The third-order valence-electron chi connectivity index (χ3n) is 3.04. The SMILES string of the molecule is COCCNC(CC(=O)Nc1ccc(C)cc1C)C(=O)O. The van der Waals surface area contributed by atoms with E-state index in [1.165, 1.54) is 7.11 Å². The van der Waals surface area contributed by atoms with Gasteiger partial charge in [-0.2, -0.15) is 0 Å². The van der Waals surface area contributed by atoms with Crippen LogP contribution < -0.4 is 10.6 Å². The van der Waals surface area contributed by atoms with Crippen molar-refractivity contribution in [3.8, 4) is 0 Å². The predicted molar refractivity (Wildman–Crippen MR) is 80.5 cm³/mol. The van der Waals surface area contributed by atoms with E-state index in [0.29, 0.717) is 18.8 Å². The predicted octanol–water partition coefficient (Wildman–Crippen LogP) is 1.32. The number of carbonyl (C=O) groups excluding carboxylic acids is 1. The highest BCUT2D eigenvalue weighted by atomic mass is 16.5. The average Bonchev–Trinajstić information content (AvgIpc) is 2.41. The molecule has 0 aliphatic heterocycles. The molecule has 1 aromatic carbocycles. The fourth-order valence-corrected chi connectivity index (χ4v) is 1.92. The topological polar surface area (TPSA) is 87.7 Å². The summed E-state index contributed by atoms with van der Waals surface area (Å²) in [5.41, 5.74) is 2.75. The number of carbonyl (C=O) groups is 2. The number of hydrogen-bond acceptors (Lipinski definition) is 4. The molecule has 0 saturated carbocycles.